The normalized spacial score (nSPS) is 8.67. The molecule has 2 N–H and O–H groups in total. The number of para-hydroxylation sites is 2. The first-order valence-corrected chi connectivity index (χ1v) is 4.32. The summed E-state index contributed by atoms with van der Waals surface area (Å²) in [5.74, 6) is 0. The van der Waals surface area contributed by atoms with Crippen molar-refractivity contribution in [1.29, 1.82) is 0 Å². The fourth-order valence-corrected chi connectivity index (χ4v) is 1.12. The van der Waals surface area contributed by atoms with E-state index in [2.05, 4.69) is 35.1 Å². The fraction of sp³-hybridized carbons (Fsp3) is 0. The highest BCUT2D eigenvalue weighted by Gasteiger charge is 1.95. The van der Waals surface area contributed by atoms with Gasteiger partial charge in [-0.2, -0.15) is 0 Å². The van der Waals surface area contributed by atoms with Crippen molar-refractivity contribution < 1.29 is 0 Å². The summed E-state index contributed by atoms with van der Waals surface area (Å²) in [7, 11) is 0. The summed E-state index contributed by atoms with van der Waals surface area (Å²) in [6.45, 7) is 0. The van der Waals surface area contributed by atoms with Gasteiger partial charge >= 0.3 is 0 Å². The van der Waals surface area contributed by atoms with Gasteiger partial charge in [0.05, 0.1) is 22.4 Å². The molecule has 0 bridgehead atoms. The highest BCUT2D eigenvalue weighted by atomic mass is 32.1. The van der Waals surface area contributed by atoms with E-state index in [0.717, 1.165) is 11.4 Å². The Morgan fingerprint density at radius 2 is 1.33 bits per heavy atom. The van der Waals surface area contributed by atoms with Crippen molar-refractivity contribution in [3.63, 3.8) is 0 Å². The molecule has 0 fully saturated rings. The van der Waals surface area contributed by atoms with Crippen LogP contribution in [-0.2, 0) is 0 Å². The van der Waals surface area contributed by atoms with Crippen LogP contribution < -0.4 is 10.6 Å². The molecule has 0 saturated heterocycles. The van der Waals surface area contributed by atoms with Crippen molar-refractivity contribution in [1.82, 2.24) is 0 Å². The van der Waals surface area contributed by atoms with Gasteiger partial charge in [-0.15, -0.1) is 0 Å². The van der Waals surface area contributed by atoms with E-state index in [1.54, 1.807) is 0 Å². The lowest BCUT2D eigenvalue weighted by Gasteiger charge is -2.06. The van der Waals surface area contributed by atoms with Gasteiger partial charge in [-0.25, -0.2) is 0 Å². The quantitative estimate of drug-likeness (QED) is 0.722. The molecule has 0 aliphatic heterocycles. The van der Waals surface area contributed by atoms with Crippen LogP contribution in [0.4, 0.5) is 11.4 Å². The topological polar surface area (TPSA) is 24.1 Å². The zero-order chi connectivity index (χ0) is 8.81. The van der Waals surface area contributed by atoms with E-state index in [9.17, 15) is 0 Å². The van der Waals surface area contributed by atoms with Gasteiger partial charge in [-0.3, -0.25) is 0 Å². The van der Waals surface area contributed by atoms with Crippen LogP contribution in [-0.4, -0.2) is 11.0 Å². The Balaban J connectivity index is 2.90. The Labute approximate surface area is 82.0 Å². The van der Waals surface area contributed by atoms with E-state index in [1.165, 1.54) is 11.0 Å². The highest BCUT2D eigenvalue weighted by molar-refractivity contribution is 7.79. The van der Waals surface area contributed by atoms with E-state index in [4.69, 9.17) is 0 Å². The molecule has 0 amide bonds. The minimum Gasteiger partial charge on any atom is -0.351 e. The maximum Gasteiger partial charge on any atom is 0.0659 e. The fourth-order valence-electron chi connectivity index (χ4n) is 0.862. The second kappa shape index (κ2) is 4.79. The van der Waals surface area contributed by atoms with Gasteiger partial charge in [0.1, 0.15) is 0 Å². The molecular weight excluding hydrogens is 188 g/mol. The molecule has 0 heterocycles. The molecule has 62 valence electrons. The van der Waals surface area contributed by atoms with E-state index < -0.39 is 0 Å². The van der Waals surface area contributed by atoms with Gasteiger partial charge < -0.3 is 10.6 Å². The van der Waals surface area contributed by atoms with Gasteiger partial charge in [-0.05, 0) is 12.1 Å². The Kier molecular flexibility index (Phi) is 3.63. The summed E-state index contributed by atoms with van der Waals surface area (Å²) >= 11 is 9.36. The molecule has 1 aromatic carbocycles. The van der Waals surface area contributed by atoms with E-state index >= 15 is 0 Å². The molecule has 0 radical (unpaired) electrons. The second-order valence-corrected chi connectivity index (χ2v) is 2.54. The summed E-state index contributed by atoms with van der Waals surface area (Å²) in [5.41, 5.74) is 4.77. The molecule has 12 heavy (non-hydrogen) atoms. The largest absolute Gasteiger partial charge is 0.351 e. The molecule has 2 nitrogen and oxygen atoms in total. The molecule has 1 aromatic rings. The lowest BCUT2D eigenvalue weighted by atomic mass is 10.3. The SMILES string of the molecule is S=CNc1ccccc1NC=S. The predicted octanol–water partition coefficient (Wildman–Crippen LogP) is 2.42. The summed E-state index contributed by atoms with van der Waals surface area (Å²) in [5, 5.41) is 5.84. The number of rotatable bonds is 4. The molecule has 0 saturated carbocycles. The lowest BCUT2D eigenvalue weighted by Crippen LogP contribution is -1.99. The summed E-state index contributed by atoms with van der Waals surface area (Å²) < 4.78 is 0. The van der Waals surface area contributed by atoms with Crippen molar-refractivity contribution in [3.8, 4) is 0 Å². The van der Waals surface area contributed by atoms with Crippen molar-refractivity contribution in [2.24, 2.45) is 0 Å². The molecular formula is C8H8N2S2. The number of thiocarbonyl (C=S) groups is 2. The van der Waals surface area contributed by atoms with Crippen molar-refractivity contribution in [2.75, 3.05) is 10.6 Å². The number of nitrogens with one attached hydrogen (secondary N) is 2. The Bertz CT molecular complexity index is 257. The molecule has 0 unspecified atom stereocenters. The smallest absolute Gasteiger partial charge is 0.0659 e. The van der Waals surface area contributed by atoms with Gasteiger partial charge in [0.15, 0.2) is 0 Å². The molecule has 0 aliphatic rings. The van der Waals surface area contributed by atoms with E-state index in [0.29, 0.717) is 0 Å². The third kappa shape index (κ3) is 2.25. The monoisotopic (exact) mass is 196 g/mol. The van der Waals surface area contributed by atoms with Crippen LogP contribution in [0, 0.1) is 0 Å². The second-order valence-electron chi connectivity index (χ2n) is 2.07. The van der Waals surface area contributed by atoms with Gasteiger partial charge in [-0.1, -0.05) is 36.6 Å². The molecule has 1 rings (SSSR count). The number of anilines is 2. The maximum absolute atomic E-state index is 4.68. The maximum atomic E-state index is 4.68. The summed E-state index contributed by atoms with van der Waals surface area (Å²) in [6.07, 6.45) is 0. The standard InChI is InChI=1S/C8H8N2S2/c11-5-9-7-3-1-2-4-8(7)10-6-12/h1-6H,(H,9,11)(H,10,12). The van der Waals surface area contributed by atoms with Crippen LogP contribution in [0.25, 0.3) is 0 Å². The first-order valence-electron chi connectivity index (χ1n) is 3.38. The number of hydrogen-bond acceptors (Lipinski definition) is 2. The summed E-state index contributed by atoms with van der Waals surface area (Å²) in [4.78, 5) is 0. The zero-order valence-electron chi connectivity index (χ0n) is 6.28. The molecule has 4 heteroatoms. The molecule has 0 spiro atoms. The minimum atomic E-state index is 0.925. The van der Waals surface area contributed by atoms with Gasteiger partial charge in [0, 0.05) is 0 Å². The van der Waals surface area contributed by atoms with Gasteiger partial charge in [0.25, 0.3) is 0 Å². The Hall–Kier alpha value is -1.00. The van der Waals surface area contributed by atoms with Crippen LogP contribution >= 0.6 is 24.4 Å². The van der Waals surface area contributed by atoms with Crippen molar-refractivity contribution >= 4 is 46.8 Å². The number of benzene rings is 1. The first kappa shape index (κ1) is 9.09. The Morgan fingerprint density at radius 3 is 1.67 bits per heavy atom. The molecule has 0 aromatic heterocycles. The van der Waals surface area contributed by atoms with E-state index in [1.807, 2.05) is 24.3 Å². The Morgan fingerprint density at radius 1 is 0.917 bits per heavy atom. The third-order valence-electron chi connectivity index (χ3n) is 1.36. The average molecular weight is 196 g/mol. The highest BCUT2D eigenvalue weighted by Crippen LogP contribution is 2.19. The van der Waals surface area contributed by atoms with Gasteiger partial charge in [0.2, 0.25) is 0 Å². The zero-order valence-corrected chi connectivity index (χ0v) is 7.91. The predicted molar refractivity (Wildman–Crippen MR) is 61.0 cm³/mol. The molecule has 0 atom stereocenters. The van der Waals surface area contributed by atoms with Crippen LogP contribution in [0.15, 0.2) is 24.3 Å². The summed E-state index contributed by atoms with van der Waals surface area (Å²) in [6, 6.07) is 7.69. The van der Waals surface area contributed by atoms with Crippen molar-refractivity contribution in [3.05, 3.63) is 24.3 Å². The van der Waals surface area contributed by atoms with Crippen LogP contribution in [0.1, 0.15) is 0 Å². The molecule has 0 aliphatic carbocycles. The average Bonchev–Trinajstić information content (AvgIpc) is 2.09. The van der Waals surface area contributed by atoms with Crippen LogP contribution in [0.3, 0.4) is 0 Å². The first-order chi connectivity index (χ1) is 5.88. The van der Waals surface area contributed by atoms with Crippen LogP contribution in [0.2, 0.25) is 0 Å². The lowest BCUT2D eigenvalue weighted by molar-refractivity contribution is 1.63. The number of hydrogen-bond donors (Lipinski definition) is 2. The van der Waals surface area contributed by atoms with Crippen molar-refractivity contribution in [2.45, 2.75) is 0 Å². The van der Waals surface area contributed by atoms with E-state index in [-0.39, 0.29) is 0 Å². The third-order valence-corrected chi connectivity index (χ3v) is 1.59. The minimum absolute atomic E-state index is 0.925. The van der Waals surface area contributed by atoms with Crippen LogP contribution in [0.5, 0.6) is 0 Å².